The Labute approximate surface area is 52.3 Å². The van der Waals surface area contributed by atoms with Gasteiger partial charge in [-0.1, -0.05) is 26.7 Å². The normalized spacial score (nSPS) is 8.50. The Morgan fingerprint density at radius 3 is 2.50 bits per heavy atom. The van der Waals surface area contributed by atoms with Crippen LogP contribution in [0.15, 0.2) is 0 Å². The van der Waals surface area contributed by atoms with Crippen molar-refractivity contribution in [2.45, 2.75) is 27.2 Å². The highest BCUT2D eigenvalue weighted by molar-refractivity contribution is 5.07. The van der Waals surface area contributed by atoms with Crippen molar-refractivity contribution in [2.24, 2.45) is 5.92 Å². The summed E-state index contributed by atoms with van der Waals surface area (Å²) in [5.74, 6) is 6.64. The lowest BCUT2D eigenvalue weighted by molar-refractivity contribution is 0.676. The second kappa shape index (κ2) is 4.71. The summed E-state index contributed by atoms with van der Waals surface area (Å²) in [4.78, 5) is 0. The first-order chi connectivity index (χ1) is 3.77. The molecule has 0 N–H and O–H groups in total. The van der Waals surface area contributed by atoms with E-state index in [2.05, 4.69) is 25.7 Å². The maximum Gasteiger partial charge on any atom is 0.0309 e. The van der Waals surface area contributed by atoms with Crippen LogP contribution in [0.4, 0.5) is 0 Å². The Kier molecular flexibility index (Phi) is 4.45. The fourth-order valence-corrected chi connectivity index (χ4v) is 0.365. The SMILES string of the molecule is C[CH]C#CCC(C)C. The van der Waals surface area contributed by atoms with Gasteiger partial charge in [0.1, 0.15) is 0 Å². The second-order valence-corrected chi connectivity index (χ2v) is 2.21. The standard InChI is InChI=1S/C8H13/c1-4-5-6-7-8(2)3/h4,8H,7H2,1-3H3. The summed E-state index contributed by atoms with van der Waals surface area (Å²) in [6, 6.07) is 0. The van der Waals surface area contributed by atoms with E-state index in [1.807, 2.05) is 13.3 Å². The minimum atomic E-state index is 0.711. The van der Waals surface area contributed by atoms with Crippen molar-refractivity contribution >= 4 is 0 Å². The molecule has 0 fully saturated rings. The zero-order chi connectivity index (χ0) is 6.41. The number of hydrogen-bond donors (Lipinski definition) is 0. The lowest BCUT2D eigenvalue weighted by Crippen LogP contribution is -1.80. The largest absolute Gasteiger partial charge is 0.103 e. The first-order valence-electron chi connectivity index (χ1n) is 3.03. The summed E-state index contributed by atoms with van der Waals surface area (Å²) in [5, 5.41) is 0. The van der Waals surface area contributed by atoms with Gasteiger partial charge in [0.2, 0.25) is 0 Å². The number of rotatable bonds is 1. The molecular weight excluding hydrogens is 96.1 g/mol. The summed E-state index contributed by atoms with van der Waals surface area (Å²) in [5.41, 5.74) is 0. The maximum absolute atomic E-state index is 3.03. The van der Waals surface area contributed by atoms with Crippen molar-refractivity contribution in [1.29, 1.82) is 0 Å². The molecule has 1 radical (unpaired) electrons. The lowest BCUT2D eigenvalue weighted by Gasteiger charge is -1.91. The molecule has 8 heavy (non-hydrogen) atoms. The van der Waals surface area contributed by atoms with E-state index in [0.29, 0.717) is 5.92 Å². The molecule has 0 aromatic rings. The highest BCUT2D eigenvalue weighted by Gasteiger charge is 1.84. The Bertz CT molecular complexity index is 90.3. The van der Waals surface area contributed by atoms with Gasteiger partial charge in [0.05, 0.1) is 0 Å². The summed E-state index contributed by atoms with van der Waals surface area (Å²) in [7, 11) is 0. The van der Waals surface area contributed by atoms with Gasteiger partial charge in [0.15, 0.2) is 0 Å². The molecule has 0 nitrogen and oxygen atoms in total. The smallest absolute Gasteiger partial charge is 0.0309 e. The van der Waals surface area contributed by atoms with Crippen molar-refractivity contribution < 1.29 is 0 Å². The van der Waals surface area contributed by atoms with E-state index in [1.54, 1.807) is 0 Å². The van der Waals surface area contributed by atoms with Crippen molar-refractivity contribution in [1.82, 2.24) is 0 Å². The minimum Gasteiger partial charge on any atom is -0.103 e. The highest BCUT2D eigenvalue weighted by Crippen LogP contribution is 1.95. The van der Waals surface area contributed by atoms with Gasteiger partial charge in [-0.05, 0) is 5.92 Å². The van der Waals surface area contributed by atoms with Crippen molar-refractivity contribution in [3.8, 4) is 11.8 Å². The first kappa shape index (κ1) is 7.56. The molecule has 0 heteroatoms. The van der Waals surface area contributed by atoms with Crippen LogP contribution in [-0.2, 0) is 0 Å². The van der Waals surface area contributed by atoms with Crippen molar-refractivity contribution in [2.75, 3.05) is 0 Å². The van der Waals surface area contributed by atoms with Gasteiger partial charge in [-0.25, -0.2) is 0 Å². The van der Waals surface area contributed by atoms with E-state index < -0.39 is 0 Å². The Morgan fingerprint density at radius 1 is 1.50 bits per heavy atom. The van der Waals surface area contributed by atoms with E-state index in [1.165, 1.54) is 0 Å². The molecule has 0 atom stereocenters. The molecule has 0 unspecified atom stereocenters. The second-order valence-electron chi connectivity index (χ2n) is 2.21. The van der Waals surface area contributed by atoms with Crippen LogP contribution < -0.4 is 0 Å². The Balaban J connectivity index is 3.15. The van der Waals surface area contributed by atoms with Gasteiger partial charge in [0.25, 0.3) is 0 Å². The Hall–Kier alpha value is -0.440. The molecule has 0 saturated heterocycles. The zero-order valence-corrected chi connectivity index (χ0v) is 5.86. The quantitative estimate of drug-likeness (QED) is 0.453. The highest BCUT2D eigenvalue weighted by atomic mass is 13.9. The molecule has 0 aromatic heterocycles. The van der Waals surface area contributed by atoms with Crippen molar-refractivity contribution in [3.05, 3.63) is 6.42 Å². The molecule has 0 aliphatic rings. The number of hydrogen-bond acceptors (Lipinski definition) is 0. The lowest BCUT2D eigenvalue weighted by atomic mass is 10.1. The molecule has 0 heterocycles. The molecule has 45 valence electrons. The zero-order valence-electron chi connectivity index (χ0n) is 5.86. The predicted octanol–water partition coefficient (Wildman–Crippen LogP) is 2.26. The molecule has 0 rings (SSSR count). The predicted molar refractivity (Wildman–Crippen MR) is 37.2 cm³/mol. The summed E-state index contributed by atoms with van der Waals surface area (Å²) in [6.07, 6.45) is 2.90. The molecule has 0 aromatic carbocycles. The van der Waals surface area contributed by atoms with Crippen LogP contribution in [0.25, 0.3) is 0 Å². The molecule has 0 saturated carbocycles. The Morgan fingerprint density at radius 2 is 2.12 bits per heavy atom. The van der Waals surface area contributed by atoms with Gasteiger partial charge in [-0.15, -0.1) is 5.92 Å². The van der Waals surface area contributed by atoms with Crippen LogP contribution in [0.5, 0.6) is 0 Å². The van der Waals surface area contributed by atoms with Crippen LogP contribution in [-0.4, -0.2) is 0 Å². The first-order valence-corrected chi connectivity index (χ1v) is 3.03. The molecule has 0 aliphatic carbocycles. The topological polar surface area (TPSA) is 0 Å². The van der Waals surface area contributed by atoms with Gasteiger partial charge < -0.3 is 0 Å². The van der Waals surface area contributed by atoms with Crippen LogP contribution >= 0.6 is 0 Å². The van der Waals surface area contributed by atoms with E-state index in [9.17, 15) is 0 Å². The summed E-state index contributed by atoms with van der Waals surface area (Å²) >= 11 is 0. The van der Waals surface area contributed by atoms with E-state index in [4.69, 9.17) is 0 Å². The molecule has 0 aliphatic heterocycles. The van der Waals surface area contributed by atoms with Gasteiger partial charge in [-0.3, -0.25) is 0 Å². The summed E-state index contributed by atoms with van der Waals surface area (Å²) < 4.78 is 0. The maximum atomic E-state index is 3.03. The van der Waals surface area contributed by atoms with Crippen LogP contribution in [0, 0.1) is 24.2 Å². The third kappa shape index (κ3) is 5.56. The average molecular weight is 109 g/mol. The van der Waals surface area contributed by atoms with E-state index in [0.717, 1.165) is 6.42 Å². The van der Waals surface area contributed by atoms with Gasteiger partial charge in [0, 0.05) is 12.8 Å². The van der Waals surface area contributed by atoms with Gasteiger partial charge in [-0.2, -0.15) is 0 Å². The minimum absolute atomic E-state index is 0.711. The fourth-order valence-electron chi connectivity index (χ4n) is 0.365. The third-order valence-corrected chi connectivity index (χ3v) is 0.757. The summed E-state index contributed by atoms with van der Waals surface area (Å²) in [6.45, 7) is 6.29. The van der Waals surface area contributed by atoms with E-state index >= 15 is 0 Å². The third-order valence-electron chi connectivity index (χ3n) is 0.757. The molecule has 0 amide bonds. The fraction of sp³-hybridized carbons (Fsp3) is 0.625. The van der Waals surface area contributed by atoms with Crippen LogP contribution in [0.1, 0.15) is 27.2 Å². The van der Waals surface area contributed by atoms with Crippen LogP contribution in [0.3, 0.4) is 0 Å². The average Bonchev–Trinajstić information content (AvgIpc) is 1.66. The molecular formula is C8H13. The van der Waals surface area contributed by atoms with E-state index in [-0.39, 0.29) is 0 Å². The molecule has 0 spiro atoms. The van der Waals surface area contributed by atoms with Crippen molar-refractivity contribution in [3.63, 3.8) is 0 Å². The van der Waals surface area contributed by atoms with Crippen LogP contribution in [0.2, 0.25) is 0 Å². The monoisotopic (exact) mass is 109 g/mol. The molecule has 0 bridgehead atoms. The van der Waals surface area contributed by atoms with Gasteiger partial charge >= 0.3 is 0 Å².